The van der Waals surface area contributed by atoms with E-state index in [-0.39, 0.29) is 5.82 Å². The first-order valence-corrected chi connectivity index (χ1v) is 10.1. The van der Waals surface area contributed by atoms with Gasteiger partial charge in [0.1, 0.15) is 5.82 Å². The quantitative estimate of drug-likeness (QED) is 0.443. The number of carbonyl (C=O) groups is 3. The van der Waals surface area contributed by atoms with Crippen molar-refractivity contribution in [1.29, 1.82) is 0 Å². The number of esters is 1. The molecule has 2 N–H and O–H groups in total. The van der Waals surface area contributed by atoms with Crippen LogP contribution in [-0.2, 0) is 14.3 Å². The average Bonchev–Trinajstić information content (AvgIpc) is 3.10. The maximum absolute atomic E-state index is 13.2. The van der Waals surface area contributed by atoms with Crippen molar-refractivity contribution in [3.05, 3.63) is 89.0 Å². The Hall–Kier alpha value is -4.27. The van der Waals surface area contributed by atoms with Crippen LogP contribution in [0.3, 0.4) is 0 Å². The molecule has 1 unspecified atom stereocenters. The zero-order valence-corrected chi connectivity index (χ0v) is 18.3. The molecule has 0 fully saturated rings. The van der Waals surface area contributed by atoms with Crippen LogP contribution in [0.25, 0.3) is 11.8 Å². The molecule has 1 atom stereocenters. The van der Waals surface area contributed by atoms with Gasteiger partial charge in [0.2, 0.25) is 6.10 Å². The predicted octanol–water partition coefficient (Wildman–Crippen LogP) is 3.38. The minimum absolute atomic E-state index is 0.350. The van der Waals surface area contributed by atoms with Gasteiger partial charge in [-0.25, -0.2) is 18.7 Å². The molecule has 3 amide bonds. The zero-order valence-electron chi connectivity index (χ0n) is 18.3. The first-order chi connectivity index (χ1) is 15.8. The Kier molecular flexibility index (Phi) is 7.34. The van der Waals surface area contributed by atoms with Crippen LogP contribution < -0.4 is 10.6 Å². The molecule has 0 radical (unpaired) electrons. The van der Waals surface area contributed by atoms with Gasteiger partial charge in [-0.15, -0.1) is 0 Å². The van der Waals surface area contributed by atoms with E-state index in [1.165, 1.54) is 25.3 Å². The van der Waals surface area contributed by atoms with Crippen LogP contribution in [0.1, 0.15) is 28.6 Å². The summed E-state index contributed by atoms with van der Waals surface area (Å²) in [4.78, 5) is 36.6. The SMILES string of the molecule is CNC(=O)NC(=O)C(OC(=O)/C=C/c1c(C)nn(-c2ccc(F)cc2)c1C)c1ccccc1. The minimum atomic E-state index is -1.32. The number of hydrogen-bond acceptors (Lipinski definition) is 5. The highest BCUT2D eigenvalue weighted by molar-refractivity contribution is 5.98. The molecule has 0 spiro atoms. The Bertz CT molecular complexity index is 1190. The highest BCUT2D eigenvalue weighted by Gasteiger charge is 2.25. The van der Waals surface area contributed by atoms with Crippen molar-refractivity contribution in [2.45, 2.75) is 20.0 Å². The van der Waals surface area contributed by atoms with Gasteiger partial charge in [0.25, 0.3) is 5.91 Å². The molecule has 0 bridgehead atoms. The van der Waals surface area contributed by atoms with E-state index in [9.17, 15) is 18.8 Å². The summed E-state index contributed by atoms with van der Waals surface area (Å²) in [6.45, 7) is 3.60. The molecule has 2 aromatic carbocycles. The van der Waals surface area contributed by atoms with Crippen molar-refractivity contribution in [2.24, 2.45) is 0 Å². The number of ether oxygens (including phenoxy) is 1. The topological polar surface area (TPSA) is 102 Å². The molecule has 33 heavy (non-hydrogen) atoms. The number of benzene rings is 2. The number of hydrogen-bond donors (Lipinski definition) is 2. The largest absolute Gasteiger partial charge is 0.444 e. The summed E-state index contributed by atoms with van der Waals surface area (Å²) in [5.41, 5.74) is 3.16. The third kappa shape index (κ3) is 5.70. The molecule has 0 aliphatic rings. The Balaban J connectivity index is 1.80. The van der Waals surface area contributed by atoms with Gasteiger partial charge in [-0.1, -0.05) is 30.3 Å². The summed E-state index contributed by atoms with van der Waals surface area (Å²) in [6, 6.07) is 13.5. The predicted molar refractivity (Wildman–Crippen MR) is 120 cm³/mol. The number of aryl methyl sites for hydroxylation is 1. The molecule has 3 aromatic rings. The number of halogens is 1. The monoisotopic (exact) mass is 450 g/mol. The number of aromatic nitrogens is 2. The summed E-state index contributed by atoms with van der Waals surface area (Å²) in [5, 5.41) is 8.85. The van der Waals surface area contributed by atoms with Gasteiger partial charge in [0.05, 0.1) is 11.4 Å². The van der Waals surface area contributed by atoms with E-state index in [1.54, 1.807) is 60.1 Å². The molecule has 8 nitrogen and oxygen atoms in total. The van der Waals surface area contributed by atoms with E-state index in [0.717, 1.165) is 5.69 Å². The highest BCUT2D eigenvalue weighted by Crippen LogP contribution is 2.21. The third-order valence-corrected chi connectivity index (χ3v) is 4.84. The van der Waals surface area contributed by atoms with Gasteiger partial charge in [0.15, 0.2) is 0 Å². The van der Waals surface area contributed by atoms with Gasteiger partial charge in [-0.3, -0.25) is 10.1 Å². The zero-order chi connectivity index (χ0) is 24.0. The van der Waals surface area contributed by atoms with Crippen LogP contribution in [0.15, 0.2) is 60.7 Å². The van der Waals surface area contributed by atoms with Crippen molar-refractivity contribution >= 4 is 24.0 Å². The average molecular weight is 450 g/mol. The minimum Gasteiger partial charge on any atom is -0.444 e. The number of amides is 3. The van der Waals surface area contributed by atoms with Crippen LogP contribution in [0.2, 0.25) is 0 Å². The fourth-order valence-electron chi connectivity index (χ4n) is 3.18. The molecular formula is C24H23FN4O4. The molecule has 0 saturated carbocycles. The maximum Gasteiger partial charge on any atom is 0.331 e. The Morgan fingerprint density at radius 1 is 1.06 bits per heavy atom. The standard InChI is InChI=1S/C24H23FN4O4/c1-15-20(16(2)29(28-15)19-11-9-18(25)10-12-19)13-14-21(30)33-22(17-7-5-4-6-8-17)23(31)27-24(32)26-3/h4-14,22H,1-3H3,(H2,26,27,31,32)/b14-13+. The van der Waals surface area contributed by atoms with Gasteiger partial charge >= 0.3 is 12.0 Å². The lowest BCUT2D eigenvalue weighted by atomic mass is 10.1. The highest BCUT2D eigenvalue weighted by atomic mass is 19.1. The fourth-order valence-corrected chi connectivity index (χ4v) is 3.18. The van der Waals surface area contributed by atoms with Crippen LogP contribution in [0.5, 0.6) is 0 Å². The number of nitrogens with one attached hydrogen (secondary N) is 2. The van der Waals surface area contributed by atoms with Crippen LogP contribution in [-0.4, -0.2) is 34.7 Å². The van der Waals surface area contributed by atoms with Gasteiger partial charge in [0, 0.05) is 29.9 Å². The lowest BCUT2D eigenvalue weighted by molar-refractivity contribution is -0.151. The molecular weight excluding hydrogens is 427 g/mol. The lowest BCUT2D eigenvalue weighted by Crippen LogP contribution is -2.41. The number of imide groups is 1. The molecule has 1 heterocycles. The van der Waals surface area contributed by atoms with Crippen LogP contribution >= 0.6 is 0 Å². The summed E-state index contributed by atoms with van der Waals surface area (Å²) in [5.74, 6) is -1.90. The van der Waals surface area contributed by atoms with Crippen LogP contribution in [0, 0.1) is 19.7 Å². The molecule has 0 saturated heterocycles. The van der Waals surface area contributed by atoms with Gasteiger partial charge in [-0.2, -0.15) is 5.10 Å². The summed E-state index contributed by atoms with van der Waals surface area (Å²) in [7, 11) is 1.37. The first-order valence-electron chi connectivity index (χ1n) is 10.1. The van der Waals surface area contributed by atoms with Crippen molar-refractivity contribution in [3.8, 4) is 5.69 Å². The van der Waals surface area contributed by atoms with Crippen molar-refractivity contribution < 1.29 is 23.5 Å². The summed E-state index contributed by atoms with van der Waals surface area (Å²) < 4.78 is 20.2. The number of urea groups is 1. The molecule has 170 valence electrons. The molecule has 0 aliphatic heterocycles. The maximum atomic E-state index is 13.2. The number of nitrogens with zero attached hydrogens (tertiary/aromatic N) is 2. The van der Waals surface area contributed by atoms with E-state index in [4.69, 9.17) is 4.74 Å². The molecule has 1 aromatic heterocycles. The van der Waals surface area contributed by atoms with E-state index < -0.39 is 24.0 Å². The second kappa shape index (κ2) is 10.4. The number of carbonyl (C=O) groups excluding carboxylic acids is 3. The third-order valence-electron chi connectivity index (χ3n) is 4.84. The molecule has 9 heteroatoms. The Morgan fingerprint density at radius 3 is 2.36 bits per heavy atom. The van der Waals surface area contributed by atoms with Crippen molar-refractivity contribution in [2.75, 3.05) is 7.05 Å². The second-order valence-electron chi connectivity index (χ2n) is 7.10. The Labute approximate surface area is 190 Å². The number of rotatable bonds is 6. The fraction of sp³-hybridized carbons (Fsp3) is 0.167. The van der Waals surface area contributed by atoms with E-state index in [1.807, 2.05) is 6.92 Å². The first kappa shape index (κ1) is 23.4. The van der Waals surface area contributed by atoms with Crippen molar-refractivity contribution in [3.63, 3.8) is 0 Å². The lowest BCUT2D eigenvalue weighted by Gasteiger charge is -2.16. The Morgan fingerprint density at radius 2 is 1.73 bits per heavy atom. The van der Waals surface area contributed by atoms with Gasteiger partial charge < -0.3 is 10.1 Å². The van der Waals surface area contributed by atoms with Crippen LogP contribution in [0.4, 0.5) is 9.18 Å². The van der Waals surface area contributed by atoms with E-state index in [2.05, 4.69) is 15.7 Å². The van der Waals surface area contributed by atoms with Gasteiger partial charge in [-0.05, 0) is 44.2 Å². The summed E-state index contributed by atoms with van der Waals surface area (Å²) in [6.07, 6.45) is 1.42. The second-order valence-corrected chi connectivity index (χ2v) is 7.10. The summed E-state index contributed by atoms with van der Waals surface area (Å²) >= 11 is 0. The molecule has 0 aliphatic carbocycles. The smallest absolute Gasteiger partial charge is 0.331 e. The van der Waals surface area contributed by atoms with Crippen molar-refractivity contribution in [1.82, 2.24) is 20.4 Å². The van der Waals surface area contributed by atoms with E-state index >= 15 is 0 Å². The van der Waals surface area contributed by atoms with E-state index in [0.29, 0.717) is 22.5 Å². The normalized spacial score (nSPS) is 11.8. The molecule has 3 rings (SSSR count).